The van der Waals surface area contributed by atoms with Crippen LogP contribution in [0.2, 0.25) is 0 Å². The van der Waals surface area contributed by atoms with E-state index in [0.717, 1.165) is 16.6 Å². The summed E-state index contributed by atoms with van der Waals surface area (Å²) < 4.78 is 6.37. The number of hydrogen-bond donors (Lipinski definition) is 1. The Morgan fingerprint density at radius 3 is 2.54 bits per heavy atom. The smallest absolute Gasteiger partial charge is 0.119 e. The van der Waals surface area contributed by atoms with Gasteiger partial charge in [0.25, 0.3) is 0 Å². The van der Waals surface area contributed by atoms with Crippen LogP contribution in [0.15, 0.2) is 28.7 Å². The summed E-state index contributed by atoms with van der Waals surface area (Å²) in [5, 5.41) is 9.24. The lowest BCUT2D eigenvalue weighted by Gasteiger charge is -2.09. The van der Waals surface area contributed by atoms with Gasteiger partial charge in [0.2, 0.25) is 0 Å². The molecule has 0 aromatic heterocycles. The molecule has 0 unspecified atom stereocenters. The fourth-order valence-corrected chi connectivity index (χ4v) is 1.11. The summed E-state index contributed by atoms with van der Waals surface area (Å²) in [6, 6.07) is 7.56. The highest BCUT2D eigenvalue weighted by molar-refractivity contribution is 9.10. The molecule has 0 aliphatic heterocycles. The molecule has 1 N–H and O–H groups in total. The fourth-order valence-electron chi connectivity index (χ4n) is 0.841. The minimum absolute atomic E-state index is 0.359. The lowest BCUT2D eigenvalue weighted by molar-refractivity contribution is 0.104. The molecule has 0 radical (unpaired) electrons. The van der Waals surface area contributed by atoms with Crippen molar-refractivity contribution in [1.29, 1.82) is 0 Å². The highest BCUT2D eigenvalue weighted by atomic mass is 79.9. The summed E-state index contributed by atoms with van der Waals surface area (Å²) in [7, 11) is 0. The molecule has 0 heterocycles. The van der Waals surface area contributed by atoms with Crippen LogP contribution in [0.1, 0.15) is 13.3 Å². The predicted molar refractivity (Wildman–Crippen MR) is 55.9 cm³/mol. The van der Waals surface area contributed by atoms with Gasteiger partial charge in [-0.25, -0.2) is 0 Å². The van der Waals surface area contributed by atoms with Crippen molar-refractivity contribution >= 4 is 15.9 Å². The predicted octanol–water partition coefficient (Wildman–Crippen LogP) is 2.60. The monoisotopic (exact) mass is 244 g/mol. The molecule has 13 heavy (non-hydrogen) atoms. The van der Waals surface area contributed by atoms with Gasteiger partial charge in [-0.2, -0.15) is 0 Å². The Morgan fingerprint density at radius 2 is 2.00 bits per heavy atom. The van der Waals surface area contributed by atoms with Crippen molar-refractivity contribution in [2.75, 3.05) is 6.61 Å². The van der Waals surface area contributed by atoms with Crippen molar-refractivity contribution in [2.24, 2.45) is 0 Å². The summed E-state index contributed by atoms with van der Waals surface area (Å²) in [5.74, 6) is 0.788. The Labute approximate surface area is 86.7 Å². The van der Waals surface area contributed by atoms with Gasteiger partial charge in [0.15, 0.2) is 0 Å². The van der Waals surface area contributed by atoms with E-state index in [-0.39, 0.29) is 6.10 Å². The van der Waals surface area contributed by atoms with E-state index in [4.69, 9.17) is 4.74 Å². The zero-order chi connectivity index (χ0) is 9.68. The second kappa shape index (κ2) is 5.25. The van der Waals surface area contributed by atoms with Gasteiger partial charge in [-0.1, -0.05) is 22.9 Å². The topological polar surface area (TPSA) is 29.5 Å². The van der Waals surface area contributed by atoms with Crippen LogP contribution in [0, 0.1) is 0 Å². The van der Waals surface area contributed by atoms with Gasteiger partial charge in [0.05, 0.1) is 6.10 Å². The Balaban J connectivity index is 2.41. The average molecular weight is 245 g/mol. The van der Waals surface area contributed by atoms with Crippen molar-refractivity contribution in [3.63, 3.8) is 0 Å². The number of aliphatic hydroxyl groups is 1. The number of hydrogen-bond acceptors (Lipinski definition) is 2. The van der Waals surface area contributed by atoms with Gasteiger partial charge < -0.3 is 9.84 Å². The normalized spacial score (nSPS) is 12.5. The third-order valence-electron chi connectivity index (χ3n) is 1.73. The number of ether oxygens (including phenoxy) is 1. The number of halogens is 1. The van der Waals surface area contributed by atoms with E-state index in [1.807, 2.05) is 31.2 Å². The minimum Gasteiger partial charge on any atom is -0.491 e. The van der Waals surface area contributed by atoms with Crippen LogP contribution in [0.25, 0.3) is 0 Å². The molecule has 0 aliphatic rings. The van der Waals surface area contributed by atoms with Crippen LogP contribution in [0.4, 0.5) is 0 Å². The first-order valence-electron chi connectivity index (χ1n) is 4.28. The molecule has 1 atom stereocenters. The lowest BCUT2D eigenvalue weighted by Crippen LogP contribution is -2.15. The maximum Gasteiger partial charge on any atom is 0.119 e. The van der Waals surface area contributed by atoms with E-state index in [1.165, 1.54) is 0 Å². The number of benzene rings is 1. The van der Waals surface area contributed by atoms with Crippen LogP contribution in [-0.4, -0.2) is 17.8 Å². The molecule has 3 heteroatoms. The summed E-state index contributed by atoms with van der Waals surface area (Å²) in [5.41, 5.74) is 0. The first-order valence-corrected chi connectivity index (χ1v) is 5.08. The SMILES string of the molecule is CC[C@@H](O)COc1ccc(Br)cc1. The van der Waals surface area contributed by atoms with Gasteiger partial charge in [-0.3, -0.25) is 0 Å². The molecule has 1 rings (SSSR count). The first kappa shape index (κ1) is 10.5. The maximum atomic E-state index is 9.24. The Morgan fingerprint density at radius 1 is 1.38 bits per heavy atom. The van der Waals surface area contributed by atoms with E-state index in [9.17, 15) is 5.11 Å². The molecule has 0 fully saturated rings. The van der Waals surface area contributed by atoms with Crippen LogP contribution in [0.3, 0.4) is 0 Å². The van der Waals surface area contributed by atoms with Gasteiger partial charge in [-0.15, -0.1) is 0 Å². The zero-order valence-electron chi connectivity index (χ0n) is 7.53. The number of rotatable bonds is 4. The molecule has 0 aliphatic carbocycles. The summed E-state index contributed by atoms with van der Waals surface area (Å²) in [6.07, 6.45) is 0.347. The fraction of sp³-hybridized carbons (Fsp3) is 0.400. The molecule has 0 bridgehead atoms. The molecular formula is C10H13BrO2. The molecule has 72 valence electrons. The Kier molecular flexibility index (Phi) is 4.25. The van der Waals surface area contributed by atoms with Crippen LogP contribution < -0.4 is 4.74 Å². The standard InChI is InChI=1S/C10H13BrO2/c1-2-9(12)7-13-10-5-3-8(11)4-6-10/h3-6,9,12H,2,7H2,1H3/t9-/m1/s1. The average Bonchev–Trinajstić information content (AvgIpc) is 2.16. The van der Waals surface area contributed by atoms with Gasteiger partial charge in [0.1, 0.15) is 12.4 Å². The molecule has 0 saturated heterocycles. The second-order valence-corrected chi connectivity index (χ2v) is 3.74. The Bertz CT molecular complexity index is 246. The highest BCUT2D eigenvalue weighted by Crippen LogP contribution is 2.16. The molecule has 2 nitrogen and oxygen atoms in total. The van der Waals surface area contributed by atoms with Gasteiger partial charge in [-0.05, 0) is 30.7 Å². The summed E-state index contributed by atoms with van der Waals surface area (Å²) in [6.45, 7) is 2.29. The van der Waals surface area contributed by atoms with Crippen molar-refractivity contribution in [2.45, 2.75) is 19.4 Å². The minimum atomic E-state index is -0.372. The quantitative estimate of drug-likeness (QED) is 0.883. The van der Waals surface area contributed by atoms with Crippen LogP contribution in [0.5, 0.6) is 5.75 Å². The lowest BCUT2D eigenvalue weighted by atomic mass is 10.3. The van der Waals surface area contributed by atoms with Crippen molar-refractivity contribution in [3.05, 3.63) is 28.7 Å². The van der Waals surface area contributed by atoms with Crippen molar-refractivity contribution < 1.29 is 9.84 Å². The molecule has 0 spiro atoms. The molecule has 1 aromatic rings. The third-order valence-corrected chi connectivity index (χ3v) is 2.26. The van der Waals surface area contributed by atoms with E-state index in [0.29, 0.717) is 6.61 Å². The van der Waals surface area contributed by atoms with Gasteiger partial charge >= 0.3 is 0 Å². The summed E-state index contributed by atoms with van der Waals surface area (Å²) in [4.78, 5) is 0. The van der Waals surface area contributed by atoms with Crippen LogP contribution in [-0.2, 0) is 0 Å². The van der Waals surface area contributed by atoms with E-state index < -0.39 is 0 Å². The molecule has 1 aromatic carbocycles. The maximum absolute atomic E-state index is 9.24. The van der Waals surface area contributed by atoms with E-state index >= 15 is 0 Å². The zero-order valence-corrected chi connectivity index (χ0v) is 9.12. The summed E-state index contributed by atoms with van der Waals surface area (Å²) >= 11 is 3.33. The van der Waals surface area contributed by atoms with Crippen LogP contribution >= 0.6 is 15.9 Å². The van der Waals surface area contributed by atoms with E-state index in [2.05, 4.69) is 15.9 Å². The van der Waals surface area contributed by atoms with Crippen molar-refractivity contribution in [3.8, 4) is 5.75 Å². The molecular weight excluding hydrogens is 232 g/mol. The second-order valence-electron chi connectivity index (χ2n) is 2.83. The van der Waals surface area contributed by atoms with Gasteiger partial charge in [0, 0.05) is 4.47 Å². The third kappa shape index (κ3) is 3.79. The van der Waals surface area contributed by atoms with Crippen molar-refractivity contribution in [1.82, 2.24) is 0 Å². The first-order chi connectivity index (χ1) is 6.22. The molecule has 0 amide bonds. The highest BCUT2D eigenvalue weighted by Gasteiger charge is 2.01. The van der Waals surface area contributed by atoms with E-state index in [1.54, 1.807) is 0 Å². The Hall–Kier alpha value is -0.540. The largest absolute Gasteiger partial charge is 0.491 e. The molecule has 0 saturated carbocycles. The number of aliphatic hydroxyl groups excluding tert-OH is 1.